The van der Waals surface area contributed by atoms with E-state index in [1.54, 1.807) is 0 Å². The summed E-state index contributed by atoms with van der Waals surface area (Å²) < 4.78 is 0.353. The Morgan fingerprint density at radius 1 is 0.654 bits per heavy atom. The zero-order valence-electron chi connectivity index (χ0n) is 15.2. The van der Waals surface area contributed by atoms with Crippen LogP contribution in [0.3, 0.4) is 0 Å². The van der Waals surface area contributed by atoms with E-state index < -0.39 is 0 Å². The molecule has 0 atom stereocenters. The molecule has 0 N–H and O–H groups in total. The van der Waals surface area contributed by atoms with Gasteiger partial charge in [-0.05, 0) is 35.1 Å². The summed E-state index contributed by atoms with van der Waals surface area (Å²) in [5, 5.41) is 0. The molecule has 1 fully saturated rings. The standard InChI is InChI=1S/C22H28S4/c23-14-18-8-2-4-10-20(18)16-25-22(12-6-1-7-13-22)26-17-21-11-5-3-9-19(21)15-24/h2-5,8-11,23-24H,1,6-7,12-17H2. The van der Waals surface area contributed by atoms with Gasteiger partial charge in [0.2, 0.25) is 0 Å². The Kier molecular flexibility index (Phi) is 8.23. The first kappa shape index (κ1) is 20.6. The van der Waals surface area contributed by atoms with Crippen LogP contribution >= 0.6 is 48.8 Å². The Bertz CT molecular complexity index is 639. The number of hydrogen-bond donors (Lipinski definition) is 2. The number of thiol groups is 2. The summed E-state index contributed by atoms with van der Waals surface area (Å²) in [4.78, 5) is 0. The molecule has 0 amide bonds. The summed E-state index contributed by atoms with van der Waals surface area (Å²) in [6, 6.07) is 17.5. The fourth-order valence-corrected chi connectivity index (χ4v) is 7.40. The maximum absolute atomic E-state index is 4.51. The lowest BCUT2D eigenvalue weighted by molar-refractivity contribution is 0.490. The highest BCUT2D eigenvalue weighted by Crippen LogP contribution is 2.51. The molecule has 0 spiro atoms. The highest BCUT2D eigenvalue weighted by atomic mass is 32.2. The Labute approximate surface area is 178 Å². The SMILES string of the molecule is SCc1ccccc1CSC1(SCc2ccccc2CS)CCCCC1. The molecule has 3 rings (SSSR count). The van der Waals surface area contributed by atoms with Gasteiger partial charge in [-0.1, -0.05) is 67.8 Å². The molecule has 0 radical (unpaired) electrons. The predicted molar refractivity (Wildman–Crippen MR) is 127 cm³/mol. The van der Waals surface area contributed by atoms with Gasteiger partial charge in [0.15, 0.2) is 0 Å². The first-order valence-electron chi connectivity index (χ1n) is 9.39. The molecule has 26 heavy (non-hydrogen) atoms. The molecule has 0 unspecified atom stereocenters. The van der Waals surface area contributed by atoms with E-state index in [2.05, 4.69) is 97.3 Å². The minimum absolute atomic E-state index is 0.353. The summed E-state index contributed by atoms with van der Waals surface area (Å²) in [6.45, 7) is 0. The molecule has 0 saturated heterocycles. The van der Waals surface area contributed by atoms with E-state index in [1.807, 2.05) is 0 Å². The number of benzene rings is 2. The monoisotopic (exact) mass is 420 g/mol. The average molecular weight is 421 g/mol. The zero-order chi connectivity index (χ0) is 18.2. The lowest BCUT2D eigenvalue weighted by atomic mass is 10.00. The van der Waals surface area contributed by atoms with Crippen LogP contribution in [0.4, 0.5) is 0 Å². The van der Waals surface area contributed by atoms with Crippen molar-refractivity contribution in [1.82, 2.24) is 0 Å². The van der Waals surface area contributed by atoms with Crippen molar-refractivity contribution in [2.45, 2.75) is 59.2 Å². The quantitative estimate of drug-likeness (QED) is 0.338. The Morgan fingerprint density at radius 3 is 1.50 bits per heavy atom. The predicted octanol–water partition coefficient (Wildman–Crippen LogP) is 7.37. The molecule has 1 aliphatic rings. The fourth-order valence-electron chi connectivity index (χ4n) is 3.54. The largest absolute Gasteiger partial charge is 0.175 e. The molecular weight excluding hydrogens is 393 g/mol. The van der Waals surface area contributed by atoms with Crippen molar-refractivity contribution >= 4 is 48.8 Å². The molecule has 2 aromatic carbocycles. The Morgan fingerprint density at radius 2 is 1.08 bits per heavy atom. The molecule has 1 aliphatic carbocycles. The number of thioether (sulfide) groups is 2. The third kappa shape index (κ3) is 5.43. The van der Waals surface area contributed by atoms with Gasteiger partial charge in [-0.15, -0.1) is 23.5 Å². The van der Waals surface area contributed by atoms with Crippen LogP contribution < -0.4 is 0 Å². The molecule has 0 aliphatic heterocycles. The first-order valence-corrected chi connectivity index (χ1v) is 12.6. The number of hydrogen-bond acceptors (Lipinski definition) is 4. The maximum Gasteiger partial charge on any atom is 0.0617 e. The van der Waals surface area contributed by atoms with Crippen molar-refractivity contribution in [3.8, 4) is 0 Å². The highest BCUT2D eigenvalue weighted by Gasteiger charge is 2.33. The van der Waals surface area contributed by atoms with Crippen molar-refractivity contribution in [1.29, 1.82) is 0 Å². The van der Waals surface area contributed by atoms with Crippen molar-refractivity contribution < 1.29 is 0 Å². The van der Waals surface area contributed by atoms with Gasteiger partial charge in [0.25, 0.3) is 0 Å². The third-order valence-electron chi connectivity index (χ3n) is 5.17. The molecule has 1 saturated carbocycles. The van der Waals surface area contributed by atoms with Crippen LogP contribution in [0.1, 0.15) is 54.4 Å². The second kappa shape index (κ2) is 10.4. The molecule has 140 valence electrons. The van der Waals surface area contributed by atoms with Gasteiger partial charge < -0.3 is 0 Å². The molecule has 4 heteroatoms. The lowest BCUT2D eigenvalue weighted by Gasteiger charge is -2.36. The van der Waals surface area contributed by atoms with E-state index in [1.165, 1.54) is 54.4 Å². The van der Waals surface area contributed by atoms with Gasteiger partial charge in [-0.2, -0.15) is 25.3 Å². The Balaban J connectivity index is 1.70. The van der Waals surface area contributed by atoms with Crippen molar-refractivity contribution in [2.24, 2.45) is 0 Å². The van der Waals surface area contributed by atoms with Crippen molar-refractivity contribution in [2.75, 3.05) is 0 Å². The van der Waals surface area contributed by atoms with Gasteiger partial charge in [0.1, 0.15) is 0 Å². The van der Waals surface area contributed by atoms with Crippen LogP contribution in [0.2, 0.25) is 0 Å². The smallest absolute Gasteiger partial charge is 0.0617 e. The van der Waals surface area contributed by atoms with E-state index in [-0.39, 0.29) is 0 Å². The van der Waals surface area contributed by atoms with E-state index >= 15 is 0 Å². The van der Waals surface area contributed by atoms with Crippen LogP contribution in [0.5, 0.6) is 0 Å². The second-order valence-electron chi connectivity index (χ2n) is 6.90. The van der Waals surface area contributed by atoms with Crippen LogP contribution in [-0.4, -0.2) is 4.08 Å². The first-order chi connectivity index (χ1) is 12.8. The van der Waals surface area contributed by atoms with E-state index in [0.717, 1.165) is 23.0 Å². The average Bonchev–Trinajstić information content (AvgIpc) is 2.72. The molecule has 0 heterocycles. The van der Waals surface area contributed by atoms with E-state index in [9.17, 15) is 0 Å². The molecule has 0 nitrogen and oxygen atoms in total. The lowest BCUT2D eigenvalue weighted by Crippen LogP contribution is -2.24. The Hall–Kier alpha value is -0.160. The van der Waals surface area contributed by atoms with Crippen LogP contribution in [-0.2, 0) is 23.0 Å². The van der Waals surface area contributed by atoms with Crippen LogP contribution in [0.25, 0.3) is 0 Å². The van der Waals surface area contributed by atoms with Gasteiger partial charge in [-0.3, -0.25) is 0 Å². The summed E-state index contributed by atoms with van der Waals surface area (Å²) >= 11 is 13.4. The molecule has 0 aromatic heterocycles. The normalized spacial score (nSPS) is 16.5. The van der Waals surface area contributed by atoms with Gasteiger partial charge in [-0.25, -0.2) is 0 Å². The van der Waals surface area contributed by atoms with Crippen LogP contribution in [0.15, 0.2) is 48.5 Å². The molecular formula is C22H28S4. The van der Waals surface area contributed by atoms with E-state index in [4.69, 9.17) is 0 Å². The van der Waals surface area contributed by atoms with Gasteiger partial charge in [0, 0.05) is 23.0 Å². The summed E-state index contributed by atoms with van der Waals surface area (Å²) in [5.41, 5.74) is 5.65. The second-order valence-corrected chi connectivity index (χ2v) is 10.5. The summed E-state index contributed by atoms with van der Waals surface area (Å²) in [6.07, 6.45) is 6.77. The summed E-state index contributed by atoms with van der Waals surface area (Å²) in [5.74, 6) is 3.84. The summed E-state index contributed by atoms with van der Waals surface area (Å²) in [7, 11) is 0. The van der Waals surface area contributed by atoms with Crippen molar-refractivity contribution in [3.05, 3.63) is 70.8 Å². The topological polar surface area (TPSA) is 0 Å². The highest BCUT2D eigenvalue weighted by molar-refractivity contribution is 8.17. The minimum atomic E-state index is 0.353. The van der Waals surface area contributed by atoms with Gasteiger partial charge in [0.05, 0.1) is 4.08 Å². The van der Waals surface area contributed by atoms with Gasteiger partial charge >= 0.3 is 0 Å². The minimum Gasteiger partial charge on any atom is -0.175 e. The zero-order valence-corrected chi connectivity index (χ0v) is 18.6. The van der Waals surface area contributed by atoms with E-state index in [0.29, 0.717) is 4.08 Å². The maximum atomic E-state index is 4.51. The van der Waals surface area contributed by atoms with Crippen LogP contribution in [0, 0.1) is 0 Å². The molecule has 0 bridgehead atoms. The third-order valence-corrected chi connectivity index (χ3v) is 9.34. The fraction of sp³-hybridized carbons (Fsp3) is 0.455. The molecule has 2 aromatic rings. The number of rotatable bonds is 8. The van der Waals surface area contributed by atoms with Crippen molar-refractivity contribution in [3.63, 3.8) is 0 Å².